The first-order valence-corrected chi connectivity index (χ1v) is 8.19. The minimum Gasteiger partial charge on any atom is -0.296 e. The van der Waals surface area contributed by atoms with Gasteiger partial charge in [-0.05, 0) is 49.7 Å². The van der Waals surface area contributed by atoms with Crippen LogP contribution in [0.15, 0.2) is 11.4 Å². The molecule has 0 bridgehead atoms. The van der Waals surface area contributed by atoms with Gasteiger partial charge in [-0.3, -0.25) is 4.90 Å². The molecule has 1 aliphatic heterocycles. The summed E-state index contributed by atoms with van der Waals surface area (Å²) in [6.45, 7) is 4.88. The van der Waals surface area contributed by atoms with E-state index in [0.29, 0.717) is 6.04 Å². The van der Waals surface area contributed by atoms with E-state index < -0.39 is 0 Å². The highest BCUT2D eigenvalue weighted by Crippen LogP contribution is 2.32. The van der Waals surface area contributed by atoms with Gasteiger partial charge in [-0.25, -0.2) is 0 Å². The van der Waals surface area contributed by atoms with E-state index in [2.05, 4.69) is 39.2 Å². The maximum Gasteiger partial charge on any atom is 0.0331 e. The third kappa shape index (κ3) is 2.88. The first-order chi connectivity index (χ1) is 7.83. The molecule has 1 aromatic rings. The van der Waals surface area contributed by atoms with Crippen LogP contribution in [-0.4, -0.2) is 23.3 Å². The van der Waals surface area contributed by atoms with Crippen LogP contribution in [0.4, 0.5) is 0 Å². The lowest BCUT2D eigenvalue weighted by Crippen LogP contribution is -2.33. The minimum atomic E-state index is 0.638. The molecule has 2 rings (SSSR count). The second-order valence-electron chi connectivity index (χ2n) is 4.51. The number of rotatable bonds is 5. The fourth-order valence-electron chi connectivity index (χ4n) is 2.45. The molecule has 0 N–H and O–H groups in total. The molecule has 3 heteroatoms. The topological polar surface area (TPSA) is 3.24 Å². The molecule has 1 atom stereocenters. The molecule has 2 heterocycles. The minimum absolute atomic E-state index is 0.638. The van der Waals surface area contributed by atoms with Crippen LogP contribution in [0, 0.1) is 0 Å². The fraction of sp³-hybridized carbons (Fsp3) is 0.692. The number of hydrogen-bond donors (Lipinski definition) is 0. The van der Waals surface area contributed by atoms with Gasteiger partial charge >= 0.3 is 0 Å². The summed E-state index contributed by atoms with van der Waals surface area (Å²) in [5.74, 6) is 0. The highest BCUT2D eigenvalue weighted by Gasteiger charge is 2.23. The van der Waals surface area contributed by atoms with Crippen molar-refractivity contribution in [3.05, 3.63) is 21.9 Å². The number of unbranched alkanes of at least 4 members (excludes halogenated alkanes) is 2. The first-order valence-electron chi connectivity index (χ1n) is 6.19. The van der Waals surface area contributed by atoms with E-state index in [1.807, 2.05) is 11.3 Å². The Morgan fingerprint density at radius 1 is 1.44 bits per heavy atom. The Labute approximate surface area is 111 Å². The highest BCUT2D eigenvalue weighted by molar-refractivity contribution is 9.09. The molecule has 0 aliphatic carbocycles. The zero-order valence-electron chi connectivity index (χ0n) is 9.92. The Bertz CT molecular complexity index is 323. The zero-order valence-corrected chi connectivity index (χ0v) is 12.3. The van der Waals surface area contributed by atoms with E-state index in [4.69, 9.17) is 0 Å². The third-order valence-corrected chi connectivity index (χ3v) is 5.04. The predicted octanol–water partition coefficient (Wildman–Crippen LogP) is 4.23. The van der Waals surface area contributed by atoms with Crippen molar-refractivity contribution in [3.8, 4) is 0 Å². The Hall–Kier alpha value is 0.140. The van der Waals surface area contributed by atoms with Crippen molar-refractivity contribution in [3.63, 3.8) is 0 Å². The first kappa shape index (κ1) is 12.6. The van der Waals surface area contributed by atoms with Gasteiger partial charge < -0.3 is 0 Å². The third-order valence-electron chi connectivity index (χ3n) is 3.48. The summed E-state index contributed by atoms with van der Waals surface area (Å²) in [5, 5.41) is 3.40. The van der Waals surface area contributed by atoms with Gasteiger partial charge in [-0.2, -0.15) is 0 Å². The molecule has 0 spiro atoms. The number of fused-ring (bicyclic) bond motifs is 1. The summed E-state index contributed by atoms with van der Waals surface area (Å²) in [6.07, 6.45) is 5.27. The predicted molar refractivity (Wildman–Crippen MR) is 75.7 cm³/mol. The van der Waals surface area contributed by atoms with Crippen molar-refractivity contribution in [1.29, 1.82) is 0 Å². The van der Waals surface area contributed by atoms with Crippen molar-refractivity contribution in [2.24, 2.45) is 0 Å². The van der Waals surface area contributed by atoms with Crippen LogP contribution in [0.2, 0.25) is 0 Å². The van der Waals surface area contributed by atoms with Gasteiger partial charge in [0.15, 0.2) is 0 Å². The van der Waals surface area contributed by atoms with Crippen molar-refractivity contribution in [2.45, 2.75) is 38.6 Å². The normalized spacial score (nSPS) is 21.0. The molecule has 1 nitrogen and oxygen atoms in total. The summed E-state index contributed by atoms with van der Waals surface area (Å²) < 4.78 is 0. The molecule has 0 aromatic carbocycles. The summed E-state index contributed by atoms with van der Waals surface area (Å²) in [6, 6.07) is 2.95. The number of nitrogens with zero attached hydrogens (tertiary/aromatic N) is 1. The van der Waals surface area contributed by atoms with Gasteiger partial charge in [0.25, 0.3) is 0 Å². The van der Waals surface area contributed by atoms with E-state index in [-0.39, 0.29) is 0 Å². The lowest BCUT2D eigenvalue weighted by atomic mass is 10.0. The molecule has 1 unspecified atom stereocenters. The number of hydrogen-bond acceptors (Lipinski definition) is 2. The van der Waals surface area contributed by atoms with Crippen LogP contribution in [-0.2, 0) is 6.42 Å². The Morgan fingerprint density at radius 2 is 2.31 bits per heavy atom. The van der Waals surface area contributed by atoms with Gasteiger partial charge in [0, 0.05) is 22.8 Å². The van der Waals surface area contributed by atoms with Gasteiger partial charge in [0.05, 0.1) is 0 Å². The van der Waals surface area contributed by atoms with Crippen LogP contribution in [0.25, 0.3) is 0 Å². The van der Waals surface area contributed by atoms with Crippen molar-refractivity contribution < 1.29 is 0 Å². The van der Waals surface area contributed by atoms with Gasteiger partial charge in [0.2, 0.25) is 0 Å². The van der Waals surface area contributed by atoms with Gasteiger partial charge in [-0.15, -0.1) is 11.3 Å². The zero-order chi connectivity index (χ0) is 11.4. The van der Waals surface area contributed by atoms with Gasteiger partial charge in [0.1, 0.15) is 0 Å². The number of alkyl halides is 1. The average molecular weight is 302 g/mol. The van der Waals surface area contributed by atoms with E-state index in [1.54, 1.807) is 10.4 Å². The summed E-state index contributed by atoms with van der Waals surface area (Å²) in [5.41, 5.74) is 1.58. The quantitative estimate of drug-likeness (QED) is 0.581. The smallest absolute Gasteiger partial charge is 0.0331 e. The standard InChI is InChI=1S/C13H20BrNS/c1-11-12-6-10-16-13(12)5-9-15(11)8-4-2-3-7-14/h6,10-11H,2-5,7-9H2,1H3. The van der Waals surface area contributed by atoms with Crippen LogP contribution in [0.5, 0.6) is 0 Å². The lowest BCUT2D eigenvalue weighted by Gasteiger charge is -2.33. The van der Waals surface area contributed by atoms with Crippen LogP contribution >= 0.6 is 27.3 Å². The van der Waals surface area contributed by atoms with Crippen molar-refractivity contribution in [1.82, 2.24) is 4.90 Å². The highest BCUT2D eigenvalue weighted by atomic mass is 79.9. The molecule has 0 saturated heterocycles. The molecule has 0 fully saturated rings. The SMILES string of the molecule is CC1c2ccsc2CCN1CCCCCBr. The summed E-state index contributed by atoms with van der Waals surface area (Å²) >= 11 is 5.42. The Morgan fingerprint density at radius 3 is 3.12 bits per heavy atom. The molecular formula is C13H20BrNS. The van der Waals surface area contributed by atoms with Crippen molar-refractivity contribution >= 4 is 27.3 Å². The summed E-state index contributed by atoms with van der Waals surface area (Å²) in [7, 11) is 0. The van der Waals surface area contributed by atoms with Crippen LogP contribution in [0.1, 0.15) is 42.7 Å². The second-order valence-corrected chi connectivity index (χ2v) is 6.30. The van der Waals surface area contributed by atoms with E-state index >= 15 is 0 Å². The molecular weight excluding hydrogens is 282 g/mol. The van der Waals surface area contributed by atoms with Gasteiger partial charge in [-0.1, -0.05) is 22.4 Å². The largest absolute Gasteiger partial charge is 0.296 e. The molecule has 1 aromatic heterocycles. The molecule has 0 radical (unpaired) electrons. The average Bonchev–Trinajstić information content (AvgIpc) is 2.76. The lowest BCUT2D eigenvalue weighted by molar-refractivity contribution is 0.196. The maximum absolute atomic E-state index is 3.49. The molecule has 0 saturated carbocycles. The molecule has 1 aliphatic rings. The monoisotopic (exact) mass is 301 g/mol. The van der Waals surface area contributed by atoms with Crippen LogP contribution < -0.4 is 0 Å². The summed E-state index contributed by atoms with van der Waals surface area (Å²) in [4.78, 5) is 4.26. The van der Waals surface area contributed by atoms with E-state index in [1.165, 1.54) is 38.8 Å². The number of thiophene rings is 1. The van der Waals surface area contributed by atoms with Crippen molar-refractivity contribution in [2.75, 3.05) is 18.4 Å². The van der Waals surface area contributed by atoms with Crippen LogP contribution in [0.3, 0.4) is 0 Å². The second kappa shape index (κ2) is 6.18. The fourth-order valence-corrected chi connectivity index (χ4v) is 3.81. The maximum atomic E-state index is 3.49. The number of halogens is 1. The Balaban J connectivity index is 1.84. The molecule has 90 valence electrons. The van der Waals surface area contributed by atoms with E-state index in [0.717, 1.165) is 5.33 Å². The van der Waals surface area contributed by atoms with E-state index in [9.17, 15) is 0 Å². The molecule has 16 heavy (non-hydrogen) atoms. The molecule has 0 amide bonds. The Kier molecular flexibility index (Phi) is 4.86.